The van der Waals surface area contributed by atoms with Crippen LogP contribution in [0.15, 0.2) is 41.3 Å². The van der Waals surface area contributed by atoms with Crippen LogP contribution in [0.4, 0.5) is 5.82 Å². The third kappa shape index (κ3) is 3.41. The number of piperidine rings is 1. The average Bonchev–Trinajstić information content (AvgIpc) is 2.75. The van der Waals surface area contributed by atoms with Crippen LogP contribution in [-0.2, 0) is 0 Å². The van der Waals surface area contributed by atoms with Gasteiger partial charge in [-0.2, -0.15) is 4.52 Å². The Morgan fingerprint density at radius 3 is 2.73 bits per heavy atom. The maximum atomic E-state index is 12.1. The highest BCUT2D eigenvalue weighted by molar-refractivity contribution is 5.52. The van der Waals surface area contributed by atoms with Gasteiger partial charge >= 0.3 is 0 Å². The van der Waals surface area contributed by atoms with E-state index in [1.165, 1.54) is 35.0 Å². The first-order valence-electron chi connectivity index (χ1n) is 11.5. The van der Waals surface area contributed by atoms with Gasteiger partial charge in [0.05, 0.1) is 5.48 Å². The minimum atomic E-state index is -2.69. The van der Waals surface area contributed by atoms with E-state index in [4.69, 9.17) is 19.7 Å². The molecule has 0 bridgehead atoms. The molecule has 2 aliphatic heterocycles. The average molecular weight is 414 g/mol. The third-order valence-electron chi connectivity index (χ3n) is 5.17. The van der Waals surface area contributed by atoms with Crippen LogP contribution in [0.2, 0.25) is 0 Å². The Balaban J connectivity index is 1.31. The van der Waals surface area contributed by atoms with Crippen LogP contribution in [0.1, 0.15) is 23.9 Å². The molecule has 0 saturated carbocycles. The van der Waals surface area contributed by atoms with Crippen LogP contribution in [0, 0.1) is 6.92 Å². The Hall–Kier alpha value is -3.33. The highest BCUT2D eigenvalue weighted by atomic mass is 16.6. The number of hydrogen-bond acceptors (Lipinski definition) is 8. The van der Waals surface area contributed by atoms with E-state index < -0.39 is 18.9 Å². The molecule has 30 heavy (non-hydrogen) atoms. The molecule has 0 amide bonds. The van der Waals surface area contributed by atoms with Crippen LogP contribution in [0.5, 0.6) is 17.2 Å². The molecule has 1 saturated heterocycles. The Morgan fingerprint density at radius 2 is 1.93 bits per heavy atom. The fourth-order valence-electron chi connectivity index (χ4n) is 3.62. The lowest BCUT2D eigenvalue weighted by molar-refractivity contribution is -0.151. The second-order valence-corrected chi connectivity index (χ2v) is 7.26. The molecule has 1 fully saturated rings. The SMILES string of the molecule is [2H]C1([2H])Oc2ccc(OC3(O)CCN(c4nn5c(=O)ccnc5cc4C)CC3)cc2OC1([2H])[2H]. The van der Waals surface area contributed by atoms with Crippen molar-refractivity contribution in [2.45, 2.75) is 25.6 Å². The molecule has 1 N–H and O–H groups in total. The lowest BCUT2D eigenvalue weighted by Gasteiger charge is -2.39. The van der Waals surface area contributed by atoms with Gasteiger partial charge in [-0.05, 0) is 30.7 Å². The number of aryl methyl sites for hydroxylation is 1. The Bertz CT molecular complexity index is 1320. The highest BCUT2D eigenvalue weighted by Crippen LogP contribution is 2.36. The van der Waals surface area contributed by atoms with Crippen LogP contribution < -0.4 is 24.7 Å². The van der Waals surface area contributed by atoms with Crippen molar-refractivity contribution < 1.29 is 24.8 Å². The zero-order valence-electron chi connectivity index (χ0n) is 20.2. The monoisotopic (exact) mass is 414 g/mol. The van der Waals surface area contributed by atoms with Gasteiger partial charge in [0.15, 0.2) is 23.0 Å². The van der Waals surface area contributed by atoms with Gasteiger partial charge in [-0.3, -0.25) is 4.79 Å². The lowest BCUT2D eigenvalue weighted by Crippen LogP contribution is -2.48. The Labute approximate surface area is 178 Å². The maximum absolute atomic E-state index is 12.1. The van der Waals surface area contributed by atoms with Crippen LogP contribution in [0.3, 0.4) is 0 Å². The number of rotatable bonds is 3. The summed E-state index contributed by atoms with van der Waals surface area (Å²) in [4.78, 5) is 18.3. The van der Waals surface area contributed by atoms with Gasteiger partial charge in [-0.1, -0.05) is 0 Å². The van der Waals surface area contributed by atoms with Crippen molar-refractivity contribution in [3.05, 3.63) is 52.4 Å². The molecule has 3 aromatic rings. The molecular weight excluding hydrogens is 388 g/mol. The van der Waals surface area contributed by atoms with Gasteiger partial charge in [-0.15, -0.1) is 5.10 Å². The Morgan fingerprint density at radius 1 is 1.17 bits per heavy atom. The minimum Gasteiger partial charge on any atom is -0.486 e. The fourth-order valence-corrected chi connectivity index (χ4v) is 3.62. The van der Waals surface area contributed by atoms with Gasteiger partial charge in [0.25, 0.3) is 5.56 Å². The summed E-state index contributed by atoms with van der Waals surface area (Å²) in [5.41, 5.74) is 1.03. The van der Waals surface area contributed by atoms with Crippen molar-refractivity contribution in [3.63, 3.8) is 0 Å². The van der Waals surface area contributed by atoms with Crippen LogP contribution in [0.25, 0.3) is 5.65 Å². The second-order valence-electron chi connectivity index (χ2n) is 7.26. The van der Waals surface area contributed by atoms with Crippen LogP contribution >= 0.6 is 0 Å². The van der Waals surface area contributed by atoms with Gasteiger partial charge in [0.1, 0.15) is 18.9 Å². The van der Waals surface area contributed by atoms with Gasteiger partial charge in [-0.25, -0.2) is 4.98 Å². The number of ether oxygens (including phenoxy) is 3. The van der Waals surface area contributed by atoms with Crippen molar-refractivity contribution in [3.8, 4) is 17.2 Å². The first kappa shape index (κ1) is 14.6. The summed E-state index contributed by atoms with van der Waals surface area (Å²) in [5, 5.41) is 15.5. The molecular formula is C21H22N4O5. The van der Waals surface area contributed by atoms with E-state index in [2.05, 4.69) is 10.1 Å². The molecule has 5 rings (SSSR count). The number of aromatic nitrogens is 3. The van der Waals surface area contributed by atoms with Gasteiger partial charge < -0.3 is 24.2 Å². The molecule has 9 heteroatoms. The topological polar surface area (TPSA) is 98.4 Å². The van der Waals surface area contributed by atoms with Crippen molar-refractivity contribution in [2.24, 2.45) is 0 Å². The summed E-state index contributed by atoms with van der Waals surface area (Å²) in [6.07, 6.45) is 1.93. The molecule has 0 unspecified atom stereocenters. The predicted molar refractivity (Wildman–Crippen MR) is 108 cm³/mol. The first-order valence-corrected chi connectivity index (χ1v) is 9.51. The summed E-state index contributed by atoms with van der Waals surface area (Å²) < 4.78 is 48.1. The molecule has 0 spiro atoms. The molecule has 0 aliphatic carbocycles. The summed E-state index contributed by atoms with van der Waals surface area (Å²) in [5.74, 6) is -0.614. The number of nitrogens with zero attached hydrogens (tertiary/aromatic N) is 4. The number of aliphatic hydroxyl groups is 1. The Kier molecular flexibility index (Phi) is 3.50. The van der Waals surface area contributed by atoms with E-state index in [0.717, 1.165) is 5.56 Å². The number of benzene rings is 1. The molecule has 4 heterocycles. The minimum absolute atomic E-state index is 0.0197. The first-order chi connectivity index (χ1) is 16.0. The molecule has 2 aromatic heterocycles. The number of anilines is 1. The standard InChI is InChI=1S/C21H22N4O5/c1-14-12-18-22-7-4-19(26)25(18)23-20(14)24-8-5-21(27,6-9-24)30-15-2-3-16-17(13-15)29-11-10-28-16/h2-4,7,12-13,27H,5-6,8-11H2,1H3/i10D2,11D2. The largest absolute Gasteiger partial charge is 0.486 e. The van der Waals surface area contributed by atoms with E-state index in [9.17, 15) is 9.90 Å². The maximum Gasteiger partial charge on any atom is 0.274 e. The molecule has 1 aromatic carbocycles. The molecule has 2 aliphatic rings. The van der Waals surface area contributed by atoms with E-state index in [1.54, 1.807) is 6.07 Å². The smallest absolute Gasteiger partial charge is 0.274 e. The highest BCUT2D eigenvalue weighted by Gasteiger charge is 2.35. The molecule has 9 nitrogen and oxygen atoms in total. The summed E-state index contributed by atoms with van der Waals surface area (Å²) >= 11 is 0. The van der Waals surface area contributed by atoms with Crippen molar-refractivity contribution >= 4 is 11.5 Å². The van der Waals surface area contributed by atoms with Crippen molar-refractivity contribution in [1.29, 1.82) is 0 Å². The third-order valence-corrected chi connectivity index (χ3v) is 5.17. The van der Waals surface area contributed by atoms with E-state index in [1.807, 2.05) is 11.8 Å². The van der Waals surface area contributed by atoms with Crippen molar-refractivity contribution in [2.75, 3.05) is 31.1 Å². The second kappa shape index (κ2) is 7.17. The summed E-state index contributed by atoms with van der Waals surface area (Å²) in [7, 11) is 0. The molecule has 156 valence electrons. The van der Waals surface area contributed by atoms with E-state index >= 15 is 0 Å². The number of fused-ring (bicyclic) bond motifs is 2. The lowest BCUT2D eigenvalue weighted by atomic mass is 10.0. The quantitative estimate of drug-likeness (QED) is 0.645. The molecule has 0 radical (unpaired) electrons. The van der Waals surface area contributed by atoms with Crippen molar-refractivity contribution in [1.82, 2.24) is 14.6 Å². The van der Waals surface area contributed by atoms with E-state index in [0.29, 0.717) is 24.6 Å². The normalized spacial score (nSPS) is 23.1. The van der Waals surface area contributed by atoms with Crippen LogP contribution in [-0.4, -0.2) is 51.7 Å². The van der Waals surface area contributed by atoms with Gasteiger partial charge in [0.2, 0.25) is 5.79 Å². The summed E-state index contributed by atoms with van der Waals surface area (Å²) in [6.45, 7) is -2.63. The summed E-state index contributed by atoms with van der Waals surface area (Å²) in [6, 6.07) is 7.40. The van der Waals surface area contributed by atoms with E-state index in [-0.39, 0.29) is 35.6 Å². The predicted octanol–water partition coefficient (Wildman–Crippen LogP) is 1.54. The number of hydrogen-bond donors (Lipinski definition) is 1. The van der Waals surface area contributed by atoms with Gasteiger partial charge in [0, 0.05) is 44.3 Å². The fraction of sp³-hybridized carbons (Fsp3) is 0.381. The zero-order valence-corrected chi connectivity index (χ0v) is 16.2. The molecule has 0 atom stereocenters. The zero-order chi connectivity index (χ0) is 24.3.